The Kier molecular flexibility index (Phi) is 5.66. The van der Waals surface area contributed by atoms with Crippen molar-refractivity contribution in [2.45, 2.75) is 6.17 Å². The van der Waals surface area contributed by atoms with Crippen LogP contribution in [0.3, 0.4) is 0 Å². The zero-order chi connectivity index (χ0) is 20.3. The average Bonchev–Trinajstić information content (AvgIpc) is 2.73. The van der Waals surface area contributed by atoms with E-state index in [-0.39, 0.29) is 10.6 Å². The highest BCUT2D eigenvalue weighted by Gasteiger charge is 2.35. The molecule has 0 aliphatic carbocycles. The molecule has 8 heteroatoms. The van der Waals surface area contributed by atoms with E-state index in [9.17, 15) is 10.1 Å². The standard InChI is InChI=1S/C20H19N3O4S/c1-25-13-6-4-12(5-7-13)23-18(22-19(24)16(11-21)20(23)28)15-10-14(26-2)8-9-17(15)27-3/h4-10,18,28H,1-3H3,(H,22,24)/t18-/m0/s1. The fourth-order valence-electron chi connectivity index (χ4n) is 2.99. The van der Waals surface area contributed by atoms with Crippen molar-refractivity contribution < 1.29 is 19.0 Å². The maximum Gasteiger partial charge on any atom is 0.266 e. The molecule has 0 unspecified atom stereocenters. The molecule has 3 rings (SSSR count). The number of methoxy groups -OCH3 is 3. The number of carbonyl (C=O) groups is 1. The highest BCUT2D eigenvalue weighted by molar-refractivity contribution is 7.84. The minimum atomic E-state index is -0.657. The molecule has 1 amide bonds. The van der Waals surface area contributed by atoms with Crippen molar-refractivity contribution in [2.24, 2.45) is 0 Å². The first-order valence-corrected chi connectivity index (χ1v) is 8.78. The number of carbonyl (C=O) groups excluding carboxylic acids is 1. The quantitative estimate of drug-likeness (QED) is 0.755. The summed E-state index contributed by atoms with van der Waals surface area (Å²) in [5.41, 5.74) is 1.31. The Morgan fingerprint density at radius 1 is 1.04 bits per heavy atom. The molecule has 2 aromatic rings. The van der Waals surface area contributed by atoms with Crippen molar-refractivity contribution in [3.8, 4) is 23.3 Å². The molecule has 28 heavy (non-hydrogen) atoms. The van der Waals surface area contributed by atoms with Gasteiger partial charge in [-0.1, -0.05) is 0 Å². The summed E-state index contributed by atoms with van der Waals surface area (Å²) in [6.07, 6.45) is -0.657. The summed E-state index contributed by atoms with van der Waals surface area (Å²) in [5, 5.41) is 12.5. The second-order valence-electron chi connectivity index (χ2n) is 5.86. The largest absolute Gasteiger partial charge is 0.497 e. The van der Waals surface area contributed by atoms with Crippen LogP contribution in [0, 0.1) is 11.3 Å². The Morgan fingerprint density at radius 2 is 1.68 bits per heavy atom. The van der Waals surface area contributed by atoms with E-state index in [1.54, 1.807) is 56.6 Å². The Morgan fingerprint density at radius 3 is 2.25 bits per heavy atom. The highest BCUT2D eigenvalue weighted by atomic mass is 32.1. The second-order valence-corrected chi connectivity index (χ2v) is 6.29. The Balaban J connectivity index is 2.19. The average molecular weight is 397 g/mol. The maximum atomic E-state index is 12.5. The SMILES string of the molecule is COc1ccc(N2C(S)=C(C#N)C(=O)N[C@@H]2c2cc(OC)ccc2OC)cc1. The molecule has 1 N–H and O–H groups in total. The Hall–Kier alpha value is -3.31. The molecule has 1 atom stereocenters. The van der Waals surface area contributed by atoms with Gasteiger partial charge in [0.2, 0.25) is 0 Å². The number of nitrogens with zero attached hydrogens (tertiary/aromatic N) is 2. The number of hydrogen-bond donors (Lipinski definition) is 2. The van der Waals surface area contributed by atoms with E-state index >= 15 is 0 Å². The molecule has 0 fully saturated rings. The van der Waals surface area contributed by atoms with Gasteiger partial charge in [0, 0.05) is 11.3 Å². The van der Waals surface area contributed by atoms with Crippen LogP contribution in [0.25, 0.3) is 0 Å². The van der Waals surface area contributed by atoms with Crippen LogP contribution in [0.5, 0.6) is 17.2 Å². The molecular weight excluding hydrogens is 378 g/mol. The molecule has 0 radical (unpaired) electrons. The number of ether oxygens (including phenoxy) is 3. The summed E-state index contributed by atoms with van der Waals surface area (Å²) >= 11 is 4.49. The normalized spacial score (nSPS) is 16.3. The highest BCUT2D eigenvalue weighted by Crippen LogP contribution is 2.40. The number of thiol groups is 1. The number of nitrogens with one attached hydrogen (secondary N) is 1. The lowest BCUT2D eigenvalue weighted by Crippen LogP contribution is -2.46. The Labute approximate surface area is 168 Å². The van der Waals surface area contributed by atoms with Gasteiger partial charge in [0.1, 0.15) is 35.1 Å². The lowest BCUT2D eigenvalue weighted by Gasteiger charge is -2.38. The monoisotopic (exact) mass is 397 g/mol. The van der Waals surface area contributed by atoms with Crippen molar-refractivity contribution in [3.63, 3.8) is 0 Å². The summed E-state index contributed by atoms with van der Waals surface area (Å²) in [6.45, 7) is 0. The summed E-state index contributed by atoms with van der Waals surface area (Å²) in [6, 6.07) is 14.4. The molecule has 0 spiro atoms. The number of amides is 1. The van der Waals surface area contributed by atoms with Crippen molar-refractivity contribution in [2.75, 3.05) is 26.2 Å². The van der Waals surface area contributed by atoms with Gasteiger partial charge in [0.25, 0.3) is 5.91 Å². The molecule has 0 bridgehead atoms. The van der Waals surface area contributed by atoms with Gasteiger partial charge in [-0.25, -0.2) is 0 Å². The summed E-state index contributed by atoms with van der Waals surface area (Å²) < 4.78 is 16.0. The van der Waals surface area contributed by atoms with Crippen molar-refractivity contribution in [1.82, 2.24) is 5.32 Å². The van der Waals surface area contributed by atoms with Crippen molar-refractivity contribution >= 4 is 24.2 Å². The zero-order valence-electron chi connectivity index (χ0n) is 15.6. The van der Waals surface area contributed by atoms with Gasteiger partial charge < -0.3 is 24.4 Å². The predicted octanol–water partition coefficient (Wildman–Crippen LogP) is 3.01. The lowest BCUT2D eigenvalue weighted by atomic mass is 10.1. The number of benzene rings is 2. The summed E-state index contributed by atoms with van der Waals surface area (Å²) in [7, 11) is 4.69. The molecule has 2 aromatic carbocycles. The minimum Gasteiger partial charge on any atom is -0.497 e. The van der Waals surface area contributed by atoms with Gasteiger partial charge in [-0.2, -0.15) is 5.26 Å². The third-order valence-electron chi connectivity index (χ3n) is 4.40. The van der Waals surface area contributed by atoms with Gasteiger partial charge in [-0.3, -0.25) is 4.79 Å². The molecule has 1 aliphatic rings. The van der Waals surface area contributed by atoms with Gasteiger partial charge in [0.15, 0.2) is 0 Å². The molecular formula is C20H19N3O4S. The summed E-state index contributed by atoms with van der Waals surface area (Å²) in [4.78, 5) is 14.2. The van der Waals surface area contributed by atoms with Gasteiger partial charge in [0.05, 0.1) is 26.4 Å². The Bertz CT molecular complexity index is 966. The minimum absolute atomic E-state index is 0.0720. The van der Waals surface area contributed by atoms with E-state index < -0.39 is 12.1 Å². The first-order valence-electron chi connectivity index (χ1n) is 8.33. The van der Waals surface area contributed by atoms with Crippen molar-refractivity contribution in [3.05, 3.63) is 58.6 Å². The molecule has 1 aliphatic heterocycles. The molecule has 0 aromatic heterocycles. The molecule has 1 heterocycles. The van der Waals surface area contributed by atoms with E-state index in [2.05, 4.69) is 17.9 Å². The number of anilines is 1. The van der Waals surface area contributed by atoms with E-state index in [1.165, 1.54) is 0 Å². The van der Waals surface area contributed by atoms with Crippen LogP contribution >= 0.6 is 12.6 Å². The number of rotatable bonds is 5. The molecule has 0 saturated carbocycles. The van der Waals surface area contributed by atoms with Crippen LogP contribution in [0.4, 0.5) is 5.69 Å². The molecule has 0 saturated heterocycles. The smallest absolute Gasteiger partial charge is 0.266 e. The van der Waals surface area contributed by atoms with E-state index in [0.717, 1.165) is 0 Å². The number of hydrogen-bond acceptors (Lipinski definition) is 7. The van der Waals surface area contributed by atoms with Gasteiger partial charge in [-0.15, -0.1) is 12.6 Å². The molecule has 7 nitrogen and oxygen atoms in total. The van der Waals surface area contributed by atoms with E-state index in [0.29, 0.717) is 28.5 Å². The van der Waals surface area contributed by atoms with Gasteiger partial charge >= 0.3 is 0 Å². The van der Waals surface area contributed by atoms with Crippen LogP contribution in [0.2, 0.25) is 0 Å². The lowest BCUT2D eigenvalue weighted by molar-refractivity contribution is -0.118. The zero-order valence-corrected chi connectivity index (χ0v) is 16.5. The second kappa shape index (κ2) is 8.15. The van der Waals surface area contributed by atoms with Crippen molar-refractivity contribution in [1.29, 1.82) is 5.26 Å². The summed E-state index contributed by atoms with van der Waals surface area (Å²) in [5.74, 6) is 1.35. The third kappa shape index (κ3) is 3.44. The predicted molar refractivity (Wildman–Crippen MR) is 108 cm³/mol. The fraction of sp³-hybridized carbons (Fsp3) is 0.200. The van der Waals surface area contributed by atoms with Crippen LogP contribution in [-0.4, -0.2) is 27.2 Å². The maximum absolute atomic E-state index is 12.5. The molecule has 144 valence electrons. The van der Waals surface area contributed by atoms with Crippen LogP contribution in [0.1, 0.15) is 11.7 Å². The first kappa shape index (κ1) is 19.5. The van der Waals surface area contributed by atoms with Crippen LogP contribution < -0.4 is 24.4 Å². The van der Waals surface area contributed by atoms with E-state index in [1.807, 2.05) is 18.2 Å². The number of nitriles is 1. The third-order valence-corrected chi connectivity index (χ3v) is 4.84. The first-order chi connectivity index (χ1) is 13.5. The van der Waals surface area contributed by atoms with Crippen LogP contribution in [0.15, 0.2) is 53.1 Å². The van der Waals surface area contributed by atoms with E-state index in [4.69, 9.17) is 14.2 Å². The van der Waals surface area contributed by atoms with Crippen LogP contribution in [-0.2, 0) is 4.79 Å². The van der Waals surface area contributed by atoms with Gasteiger partial charge in [-0.05, 0) is 42.5 Å². The topological polar surface area (TPSA) is 83.8 Å². The fourth-order valence-corrected chi connectivity index (χ4v) is 3.37.